The van der Waals surface area contributed by atoms with Crippen molar-refractivity contribution in [2.24, 2.45) is 17.3 Å². The van der Waals surface area contributed by atoms with Crippen LogP contribution in [0.4, 0.5) is 0 Å². The van der Waals surface area contributed by atoms with E-state index in [1.165, 1.54) is 5.56 Å². The Labute approximate surface area is 214 Å². The molecule has 0 fully saturated rings. The number of aryl methyl sites for hydroxylation is 2. The third kappa shape index (κ3) is 4.21. The number of hydrogen-bond acceptors (Lipinski definition) is 5. The van der Waals surface area contributed by atoms with Gasteiger partial charge in [0.1, 0.15) is 22.7 Å². The maximum absolute atomic E-state index is 10.6. The minimum Gasteiger partial charge on any atom is -0.508 e. The SMILES string of the molecule is Cc1cc(O)cc2c1C[C@@H]1CC(C)(C)/C=C\C[C@@]3(C)Oc4c(O)c(O)cc(C)c4C[C@@H]3CC[C@]1(C)O2. The molecule has 194 valence electrons. The molecule has 0 saturated carbocycles. The molecule has 2 aromatic carbocycles. The van der Waals surface area contributed by atoms with Crippen molar-refractivity contribution in [3.8, 4) is 28.7 Å². The van der Waals surface area contributed by atoms with Crippen LogP contribution in [0.15, 0.2) is 30.4 Å². The molecule has 2 aliphatic heterocycles. The summed E-state index contributed by atoms with van der Waals surface area (Å²) in [5.74, 6) is 1.72. The molecule has 2 heterocycles. The van der Waals surface area contributed by atoms with Gasteiger partial charge >= 0.3 is 0 Å². The summed E-state index contributed by atoms with van der Waals surface area (Å²) in [5.41, 5.74) is 3.27. The minimum absolute atomic E-state index is 0.0304. The number of hydrogen-bond donors (Lipinski definition) is 3. The van der Waals surface area contributed by atoms with Gasteiger partial charge in [0.15, 0.2) is 11.5 Å². The number of rotatable bonds is 0. The van der Waals surface area contributed by atoms with Crippen molar-refractivity contribution in [1.29, 1.82) is 0 Å². The Morgan fingerprint density at radius 2 is 1.53 bits per heavy atom. The van der Waals surface area contributed by atoms with Crippen LogP contribution in [0, 0.1) is 31.1 Å². The van der Waals surface area contributed by atoms with Gasteiger partial charge in [-0.05, 0) is 94.0 Å². The van der Waals surface area contributed by atoms with Crippen LogP contribution in [-0.4, -0.2) is 26.5 Å². The van der Waals surface area contributed by atoms with Gasteiger partial charge in [-0.3, -0.25) is 0 Å². The lowest BCUT2D eigenvalue weighted by Gasteiger charge is -2.47. The van der Waals surface area contributed by atoms with Crippen molar-refractivity contribution in [3.63, 3.8) is 0 Å². The summed E-state index contributed by atoms with van der Waals surface area (Å²) in [6.45, 7) is 13.0. The molecule has 4 atom stereocenters. The first kappa shape index (κ1) is 24.9. The number of aromatic hydroxyl groups is 3. The van der Waals surface area contributed by atoms with Gasteiger partial charge in [-0.2, -0.15) is 0 Å². The molecule has 3 aliphatic rings. The van der Waals surface area contributed by atoms with Crippen LogP contribution in [0.3, 0.4) is 0 Å². The molecular formula is C31H40O5. The Morgan fingerprint density at radius 3 is 2.28 bits per heavy atom. The number of allylic oxidation sites excluding steroid dienone is 1. The lowest BCUT2D eigenvalue weighted by molar-refractivity contribution is -0.0366. The number of benzene rings is 2. The molecule has 1 aliphatic carbocycles. The molecule has 5 nitrogen and oxygen atoms in total. The van der Waals surface area contributed by atoms with Crippen molar-refractivity contribution in [2.75, 3.05) is 0 Å². The van der Waals surface area contributed by atoms with Gasteiger partial charge in [0.2, 0.25) is 5.75 Å². The second kappa shape index (κ2) is 8.36. The highest BCUT2D eigenvalue weighted by Gasteiger charge is 2.47. The third-order valence-corrected chi connectivity index (χ3v) is 9.14. The fourth-order valence-corrected chi connectivity index (χ4v) is 6.79. The summed E-state index contributed by atoms with van der Waals surface area (Å²) in [4.78, 5) is 0. The Morgan fingerprint density at radius 1 is 0.833 bits per heavy atom. The molecule has 2 aromatic rings. The fourth-order valence-electron chi connectivity index (χ4n) is 6.79. The van der Waals surface area contributed by atoms with E-state index in [0.717, 1.165) is 61.0 Å². The summed E-state index contributed by atoms with van der Waals surface area (Å²) in [6, 6.07) is 5.22. The first-order valence-electron chi connectivity index (χ1n) is 13.2. The lowest BCUT2D eigenvalue weighted by Crippen LogP contribution is -2.49. The van der Waals surface area contributed by atoms with Crippen LogP contribution in [0.25, 0.3) is 0 Å². The molecule has 5 rings (SSSR count). The normalized spacial score (nSPS) is 31.8. The van der Waals surface area contributed by atoms with Crippen LogP contribution < -0.4 is 9.47 Å². The van der Waals surface area contributed by atoms with E-state index in [1.54, 1.807) is 12.1 Å². The average molecular weight is 493 g/mol. The molecule has 0 radical (unpaired) electrons. The zero-order chi connectivity index (χ0) is 26.0. The molecule has 0 unspecified atom stereocenters. The van der Waals surface area contributed by atoms with Gasteiger partial charge in [0.25, 0.3) is 0 Å². The quantitative estimate of drug-likeness (QED) is 0.275. The Balaban J connectivity index is 1.56. The van der Waals surface area contributed by atoms with Gasteiger partial charge < -0.3 is 24.8 Å². The predicted octanol–water partition coefficient (Wildman–Crippen LogP) is 6.90. The van der Waals surface area contributed by atoms with E-state index in [0.29, 0.717) is 11.7 Å². The maximum atomic E-state index is 10.6. The van der Waals surface area contributed by atoms with Crippen LogP contribution >= 0.6 is 0 Å². The van der Waals surface area contributed by atoms with Crippen LogP contribution in [-0.2, 0) is 12.8 Å². The van der Waals surface area contributed by atoms with Gasteiger partial charge in [-0.25, -0.2) is 0 Å². The van der Waals surface area contributed by atoms with Gasteiger partial charge in [-0.1, -0.05) is 26.0 Å². The molecule has 0 amide bonds. The summed E-state index contributed by atoms with van der Waals surface area (Å²) < 4.78 is 13.4. The Kier molecular flexibility index (Phi) is 5.77. The smallest absolute Gasteiger partial charge is 0.200 e. The summed E-state index contributed by atoms with van der Waals surface area (Å²) in [6.07, 6.45) is 9.76. The molecule has 0 aromatic heterocycles. The Hall–Kier alpha value is -2.82. The van der Waals surface area contributed by atoms with Gasteiger partial charge in [-0.15, -0.1) is 0 Å². The maximum Gasteiger partial charge on any atom is 0.200 e. The van der Waals surface area contributed by atoms with Crippen molar-refractivity contribution in [2.45, 2.75) is 91.3 Å². The summed E-state index contributed by atoms with van der Waals surface area (Å²) >= 11 is 0. The molecule has 36 heavy (non-hydrogen) atoms. The van der Waals surface area contributed by atoms with Crippen molar-refractivity contribution in [1.82, 2.24) is 0 Å². The molecule has 5 heteroatoms. The van der Waals surface area contributed by atoms with Gasteiger partial charge in [0, 0.05) is 29.9 Å². The van der Waals surface area contributed by atoms with E-state index in [2.05, 4.69) is 46.8 Å². The zero-order valence-electron chi connectivity index (χ0n) is 22.4. The minimum atomic E-state index is -0.519. The van der Waals surface area contributed by atoms with E-state index in [1.807, 2.05) is 13.0 Å². The van der Waals surface area contributed by atoms with Crippen molar-refractivity contribution >= 4 is 0 Å². The number of phenols is 3. The van der Waals surface area contributed by atoms with Crippen LogP contribution in [0.1, 0.15) is 75.6 Å². The van der Waals surface area contributed by atoms with Crippen LogP contribution in [0.5, 0.6) is 28.7 Å². The molecular weight excluding hydrogens is 452 g/mol. The monoisotopic (exact) mass is 492 g/mol. The van der Waals surface area contributed by atoms with E-state index in [9.17, 15) is 15.3 Å². The van der Waals surface area contributed by atoms with Crippen molar-refractivity contribution in [3.05, 3.63) is 52.6 Å². The highest BCUT2D eigenvalue weighted by molar-refractivity contribution is 5.58. The molecule has 0 spiro atoms. The summed E-state index contributed by atoms with van der Waals surface area (Å²) in [7, 11) is 0. The second-order valence-electron chi connectivity index (χ2n) is 12.6. The highest BCUT2D eigenvalue weighted by atomic mass is 16.5. The second-order valence-corrected chi connectivity index (χ2v) is 12.6. The number of ether oxygens (including phenoxy) is 2. The zero-order valence-corrected chi connectivity index (χ0v) is 22.4. The van der Waals surface area contributed by atoms with E-state index < -0.39 is 5.60 Å². The molecule has 3 N–H and O–H groups in total. The van der Waals surface area contributed by atoms with Crippen molar-refractivity contribution < 1.29 is 24.8 Å². The molecule has 0 bridgehead atoms. The Bertz CT molecular complexity index is 1230. The third-order valence-electron chi connectivity index (χ3n) is 9.14. The first-order valence-corrected chi connectivity index (χ1v) is 13.2. The fraction of sp³-hybridized carbons (Fsp3) is 0.548. The van der Waals surface area contributed by atoms with E-state index >= 15 is 0 Å². The lowest BCUT2D eigenvalue weighted by atomic mass is 9.68. The number of phenolic OH excluding ortho intramolecular Hbond substituents is 3. The largest absolute Gasteiger partial charge is 0.508 e. The highest BCUT2D eigenvalue weighted by Crippen LogP contribution is 2.52. The van der Waals surface area contributed by atoms with Gasteiger partial charge in [0.05, 0.1) is 0 Å². The van der Waals surface area contributed by atoms with Crippen LogP contribution in [0.2, 0.25) is 0 Å². The van der Waals surface area contributed by atoms with E-state index in [4.69, 9.17) is 9.47 Å². The average Bonchev–Trinajstić information content (AvgIpc) is 2.78. The topological polar surface area (TPSA) is 79.2 Å². The predicted molar refractivity (Wildman–Crippen MR) is 141 cm³/mol. The summed E-state index contributed by atoms with van der Waals surface area (Å²) in [5, 5.41) is 31.1. The standard InChI is InChI=1S/C31H40O5/c1-18-12-22(32)16-26-23(18)15-21-17-29(3,4)9-7-10-30(5)20(8-11-31(21,6)35-26)14-24-19(2)13-25(33)27(34)28(24)36-30/h7,9,12-13,16,20-21,32-34H,8,10-11,14-15,17H2,1-6H3/b9-7-/t20-,21+,30+,31-/m0/s1. The van der Waals surface area contributed by atoms with E-state index in [-0.39, 0.29) is 34.2 Å². The first-order chi connectivity index (χ1) is 16.8. The number of fused-ring (bicyclic) bond motifs is 4. The molecule has 0 saturated heterocycles.